The Balaban J connectivity index is 2.98. The molecule has 0 heterocycles. The maximum Gasteiger partial charge on any atom is 0.341 e. The lowest BCUT2D eigenvalue weighted by atomic mass is 10.2. The Hall–Kier alpha value is -0.970. The molecule has 0 aliphatic heterocycles. The number of aliphatic carboxylic acids is 1. The van der Waals surface area contributed by atoms with Crippen LogP contribution in [0.5, 0.6) is 5.75 Å². The Morgan fingerprint density at radius 3 is 2.60 bits per heavy atom. The maximum absolute atomic E-state index is 10.3. The molecule has 0 atom stereocenters. The number of carboxylic acid groups (broad SMARTS) is 1. The van der Waals surface area contributed by atoms with Crippen molar-refractivity contribution >= 4 is 29.2 Å². The second-order valence-electron chi connectivity index (χ2n) is 2.72. The summed E-state index contributed by atoms with van der Waals surface area (Å²) in [7, 11) is 0. The van der Waals surface area contributed by atoms with E-state index in [1.165, 1.54) is 12.1 Å². The number of hydrogen-bond donors (Lipinski definition) is 2. The molecule has 0 saturated carbocycles. The van der Waals surface area contributed by atoms with Crippen LogP contribution in [0.2, 0.25) is 10.0 Å². The van der Waals surface area contributed by atoms with Gasteiger partial charge in [0.05, 0.1) is 11.6 Å². The lowest BCUT2D eigenvalue weighted by Crippen LogP contribution is -2.11. The fourth-order valence-electron chi connectivity index (χ4n) is 1.03. The van der Waals surface area contributed by atoms with Crippen LogP contribution < -0.4 is 4.74 Å². The van der Waals surface area contributed by atoms with E-state index in [2.05, 4.69) is 0 Å². The number of benzene rings is 1. The smallest absolute Gasteiger partial charge is 0.341 e. The van der Waals surface area contributed by atoms with Gasteiger partial charge in [0.25, 0.3) is 0 Å². The van der Waals surface area contributed by atoms with Crippen LogP contribution in [0.3, 0.4) is 0 Å². The van der Waals surface area contributed by atoms with Gasteiger partial charge in [-0.2, -0.15) is 0 Å². The minimum atomic E-state index is -1.12. The van der Waals surface area contributed by atoms with Crippen molar-refractivity contribution in [3.63, 3.8) is 0 Å². The molecule has 0 saturated heterocycles. The van der Waals surface area contributed by atoms with E-state index < -0.39 is 12.6 Å². The molecule has 0 amide bonds. The first kappa shape index (κ1) is 12.1. The van der Waals surface area contributed by atoms with Crippen molar-refractivity contribution in [1.29, 1.82) is 0 Å². The van der Waals surface area contributed by atoms with E-state index >= 15 is 0 Å². The Labute approximate surface area is 96.0 Å². The second kappa shape index (κ2) is 5.21. The van der Waals surface area contributed by atoms with Gasteiger partial charge in [0.2, 0.25) is 0 Å². The van der Waals surface area contributed by atoms with Gasteiger partial charge < -0.3 is 14.9 Å². The third kappa shape index (κ3) is 3.27. The number of aliphatic hydroxyl groups excluding tert-OH is 1. The molecule has 2 N–H and O–H groups in total. The van der Waals surface area contributed by atoms with Gasteiger partial charge >= 0.3 is 5.97 Å². The zero-order chi connectivity index (χ0) is 11.4. The first-order valence-electron chi connectivity index (χ1n) is 3.98. The Bertz CT molecular complexity index is 379. The zero-order valence-corrected chi connectivity index (χ0v) is 9.05. The Kier molecular flexibility index (Phi) is 4.20. The quantitative estimate of drug-likeness (QED) is 0.858. The topological polar surface area (TPSA) is 66.8 Å². The highest BCUT2D eigenvalue weighted by Crippen LogP contribution is 2.32. The van der Waals surface area contributed by atoms with Crippen molar-refractivity contribution < 1.29 is 19.7 Å². The maximum atomic E-state index is 10.3. The van der Waals surface area contributed by atoms with Gasteiger partial charge in [-0.3, -0.25) is 0 Å². The van der Waals surface area contributed by atoms with E-state index in [0.29, 0.717) is 10.6 Å². The summed E-state index contributed by atoms with van der Waals surface area (Å²) in [6.07, 6.45) is 0. The van der Waals surface area contributed by atoms with Crippen LogP contribution in [0.15, 0.2) is 12.1 Å². The predicted octanol–water partition coefficient (Wildman–Crippen LogP) is 1.95. The molecule has 0 aliphatic carbocycles. The van der Waals surface area contributed by atoms with Crippen LogP contribution in [0.4, 0.5) is 0 Å². The number of carboxylic acids is 1. The van der Waals surface area contributed by atoms with Gasteiger partial charge in [0.1, 0.15) is 5.75 Å². The van der Waals surface area contributed by atoms with Crippen molar-refractivity contribution in [2.75, 3.05) is 6.61 Å². The van der Waals surface area contributed by atoms with Gasteiger partial charge in [0.15, 0.2) is 6.61 Å². The Morgan fingerprint density at radius 2 is 2.07 bits per heavy atom. The first-order chi connectivity index (χ1) is 7.04. The molecule has 0 unspecified atom stereocenters. The van der Waals surface area contributed by atoms with E-state index in [1.807, 2.05) is 0 Å². The number of rotatable bonds is 4. The van der Waals surface area contributed by atoms with Gasteiger partial charge in [-0.05, 0) is 12.1 Å². The van der Waals surface area contributed by atoms with Crippen molar-refractivity contribution in [3.8, 4) is 5.75 Å². The van der Waals surface area contributed by atoms with Gasteiger partial charge in [0, 0.05) is 10.6 Å². The lowest BCUT2D eigenvalue weighted by molar-refractivity contribution is -0.139. The normalized spacial score (nSPS) is 10.1. The fourth-order valence-corrected chi connectivity index (χ4v) is 1.62. The minimum absolute atomic E-state index is 0.144. The van der Waals surface area contributed by atoms with E-state index in [0.717, 1.165) is 0 Å². The third-order valence-electron chi connectivity index (χ3n) is 1.60. The SMILES string of the molecule is O=C(O)COc1c(Cl)cc(Cl)cc1CO. The van der Waals surface area contributed by atoms with Crippen LogP contribution in [0.1, 0.15) is 5.56 Å². The van der Waals surface area contributed by atoms with Gasteiger partial charge in [-0.1, -0.05) is 23.2 Å². The zero-order valence-electron chi connectivity index (χ0n) is 7.54. The predicted molar refractivity (Wildman–Crippen MR) is 55.5 cm³/mol. The summed E-state index contributed by atoms with van der Waals surface area (Å²) in [5.74, 6) is -0.976. The molecule has 0 radical (unpaired) electrons. The van der Waals surface area contributed by atoms with Crippen molar-refractivity contribution in [1.82, 2.24) is 0 Å². The molecule has 1 rings (SSSR count). The largest absolute Gasteiger partial charge is 0.480 e. The first-order valence-corrected chi connectivity index (χ1v) is 4.73. The van der Waals surface area contributed by atoms with Crippen LogP contribution in [0, 0.1) is 0 Å². The summed E-state index contributed by atoms with van der Waals surface area (Å²) in [5, 5.41) is 17.9. The summed E-state index contributed by atoms with van der Waals surface area (Å²) >= 11 is 11.5. The molecule has 15 heavy (non-hydrogen) atoms. The fraction of sp³-hybridized carbons (Fsp3) is 0.222. The third-order valence-corrected chi connectivity index (χ3v) is 2.09. The number of hydrogen-bond acceptors (Lipinski definition) is 3. The molecular weight excluding hydrogens is 243 g/mol. The van der Waals surface area contributed by atoms with E-state index in [-0.39, 0.29) is 17.4 Å². The lowest BCUT2D eigenvalue weighted by Gasteiger charge is -2.10. The van der Waals surface area contributed by atoms with Gasteiger partial charge in [-0.15, -0.1) is 0 Å². The van der Waals surface area contributed by atoms with Gasteiger partial charge in [-0.25, -0.2) is 4.79 Å². The molecule has 4 nitrogen and oxygen atoms in total. The molecule has 1 aromatic carbocycles. The molecule has 6 heteroatoms. The molecule has 0 bridgehead atoms. The average Bonchev–Trinajstić information content (AvgIpc) is 2.14. The van der Waals surface area contributed by atoms with Crippen molar-refractivity contribution in [3.05, 3.63) is 27.7 Å². The number of aliphatic hydroxyl groups is 1. The summed E-state index contributed by atoms with van der Waals surface area (Å²) in [5.41, 5.74) is 0.355. The summed E-state index contributed by atoms with van der Waals surface area (Å²) in [4.78, 5) is 10.3. The van der Waals surface area contributed by atoms with E-state index in [1.54, 1.807) is 0 Å². The molecular formula is C9H8Cl2O4. The minimum Gasteiger partial charge on any atom is -0.480 e. The summed E-state index contributed by atoms with van der Waals surface area (Å²) in [6, 6.07) is 2.88. The molecule has 0 aromatic heterocycles. The number of halogens is 2. The number of ether oxygens (including phenoxy) is 1. The highest BCUT2D eigenvalue weighted by atomic mass is 35.5. The van der Waals surface area contributed by atoms with Crippen molar-refractivity contribution in [2.24, 2.45) is 0 Å². The van der Waals surface area contributed by atoms with Crippen LogP contribution in [-0.4, -0.2) is 22.8 Å². The average molecular weight is 251 g/mol. The van der Waals surface area contributed by atoms with Crippen LogP contribution in [-0.2, 0) is 11.4 Å². The van der Waals surface area contributed by atoms with Crippen LogP contribution in [0.25, 0.3) is 0 Å². The molecule has 0 spiro atoms. The summed E-state index contributed by atoms with van der Waals surface area (Å²) in [6.45, 7) is -0.844. The van der Waals surface area contributed by atoms with E-state index in [9.17, 15) is 4.79 Å². The Morgan fingerprint density at radius 1 is 1.40 bits per heavy atom. The second-order valence-corrected chi connectivity index (χ2v) is 3.56. The molecule has 0 aliphatic rings. The highest BCUT2D eigenvalue weighted by molar-refractivity contribution is 6.35. The number of carbonyl (C=O) groups is 1. The van der Waals surface area contributed by atoms with E-state index in [4.69, 9.17) is 38.2 Å². The molecule has 1 aromatic rings. The molecule has 0 fully saturated rings. The highest BCUT2D eigenvalue weighted by Gasteiger charge is 2.11. The van der Waals surface area contributed by atoms with Crippen molar-refractivity contribution in [2.45, 2.75) is 6.61 Å². The summed E-state index contributed by atoms with van der Waals surface area (Å²) < 4.78 is 4.93. The standard InChI is InChI=1S/C9H8Cl2O4/c10-6-1-5(3-12)9(7(11)2-6)15-4-8(13)14/h1-2,12H,3-4H2,(H,13,14). The molecule has 82 valence electrons. The van der Waals surface area contributed by atoms with Crippen LogP contribution >= 0.6 is 23.2 Å². The monoisotopic (exact) mass is 250 g/mol.